The number of carbonyl (C=O) groups is 1. The van der Waals surface area contributed by atoms with Crippen LogP contribution < -0.4 is 10.4 Å². The Hall–Kier alpha value is -2.07. The van der Waals surface area contributed by atoms with E-state index in [1.165, 1.54) is 10.4 Å². The van der Waals surface area contributed by atoms with Gasteiger partial charge in [0.1, 0.15) is 12.5 Å². The predicted molar refractivity (Wildman–Crippen MR) is 152 cm³/mol. The predicted octanol–water partition coefficient (Wildman–Crippen LogP) is 3.54. The fourth-order valence-corrected chi connectivity index (χ4v) is 10.8. The number of esters is 1. The minimum absolute atomic E-state index is 0.157. The van der Waals surface area contributed by atoms with Crippen LogP contribution in [0.5, 0.6) is 0 Å². The average molecular weight is 557 g/mol. The SMILES string of the molecule is CCOC(=O)C[C@@]12O[C@@H](CCO[Si](c3ccccc3)(c3ccccc3)C(C)(C)C)C[C@@H](O1)[C@@H](O)[C@@H](O)C2(C)C. The van der Waals surface area contributed by atoms with Crippen LogP contribution in [0.2, 0.25) is 5.04 Å². The van der Waals surface area contributed by atoms with Gasteiger partial charge in [-0.2, -0.15) is 0 Å². The highest BCUT2D eigenvalue weighted by atomic mass is 28.4. The molecule has 5 atom stereocenters. The summed E-state index contributed by atoms with van der Waals surface area (Å²) in [5, 5.41) is 24.1. The van der Waals surface area contributed by atoms with E-state index < -0.39 is 43.8 Å². The highest BCUT2D eigenvalue weighted by molar-refractivity contribution is 6.99. The van der Waals surface area contributed by atoms with Crippen LogP contribution in [0.3, 0.4) is 0 Å². The average Bonchev–Trinajstić information content (AvgIpc) is 2.90. The van der Waals surface area contributed by atoms with Gasteiger partial charge in [0.25, 0.3) is 8.32 Å². The minimum atomic E-state index is -2.72. The third-order valence-corrected chi connectivity index (χ3v) is 13.5. The summed E-state index contributed by atoms with van der Waals surface area (Å²) in [4.78, 5) is 12.6. The van der Waals surface area contributed by atoms with Crippen LogP contribution in [-0.4, -0.2) is 67.9 Å². The van der Waals surface area contributed by atoms with Gasteiger partial charge in [-0.05, 0) is 28.8 Å². The summed E-state index contributed by atoms with van der Waals surface area (Å²) in [6.45, 7) is 12.7. The Morgan fingerprint density at radius 1 is 1.00 bits per heavy atom. The van der Waals surface area contributed by atoms with Crippen molar-refractivity contribution in [2.24, 2.45) is 5.41 Å². The van der Waals surface area contributed by atoms with Gasteiger partial charge in [0.05, 0.1) is 24.9 Å². The topological polar surface area (TPSA) is 94.5 Å². The van der Waals surface area contributed by atoms with E-state index in [0.717, 1.165) is 0 Å². The van der Waals surface area contributed by atoms with E-state index >= 15 is 0 Å². The van der Waals surface area contributed by atoms with Crippen molar-refractivity contribution in [1.29, 1.82) is 0 Å². The van der Waals surface area contributed by atoms with E-state index in [1.54, 1.807) is 20.8 Å². The molecule has 2 aromatic rings. The molecular weight excluding hydrogens is 512 g/mol. The maximum Gasteiger partial charge on any atom is 0.311 e. The first-order chi connectivity index (χ1) is 18.4. The van der Waals surface area contributed by atoms with Crippen LogP contribution in [0.4, 0.5) is 0 Å². The molecule has 0 amide bonds. The maximum atomic E-state index is 12.6. The molecule has 7 nitrogen and oxygen atoms in total. The number of benzene rings is 2. The number of ether oxygens (including phenoxy) is 3. The second kappa shape index (κ2) is 11.4. The van der Waals surface area contributed by atoms with E-state index in [-0.39, 0.29) is 24.2 Å². The zero-order chi connectivity index (χ0) is 28.5. The molecule has 0 aromatic heterocycles. The fraction of sp³-hybridized carbons (Fsp3) is 0.581. The Morgan fingerprint density at radius 2 is 1.56 bits per heavy atom. The molecule has 2 aliphatic heterocycles. The van der Waals surface area contributed by atoms with Gasteiger partial charge in [-0.3, -0.25) is 4.79 Å². The molecule has 4 rings (SSSR count). The van der Waals surface area contributed by atoms with Gasteiger partial charge in [-0.1, -0.05) is 95.3 Å². The molecule has 8 heteroatoms. The Kier molecular flexibility index (Phi) is 8.76. The number of aliphatic hydroxyl groups excluding tert-OH is 2. The van der Waals surface area contributed by atoms with Crippen LogP contribution in [-0.2, 0) is 23.4 Å². The van der Waals surface area contributed by atoms with Crippen LogP contribution in [0.15, 0.2) is 60.7 Å². The Bertz CT molecular complexity index is 1060. The lowest BCUT2D eigenvalue weighted by atomic mass is 9.69. The highest BCUT2D eigenvalue weighted by Gasteiger charge is 2.64. The lowest BCUT2D eigenvalue weighted by Gasteiger charge is -2.59. The first-order valence-electron chi connectivity index (χ1n) is 14.0. The molecule has 2 aliphatic rings. The lowest BCUT2D eigenvalue weighted by molar-refractivity contribution is -0.415. The van der Waals surface area contributed by atoms with Gasteiger partial charge in [-0.15, -0.1) is 0 Å². The van der Waals surface area contributed by atoms with E-state index in [1.807, 2.05) is 12.1 Å². The van der Waals surface area contributed by atoms with Crippen molar-refractivity contribution in [3.8, 4) is 0 Å². The van der Waals surface area contributed by atoms with Crippen LogP contribution in [0.25, 0.3) is 0 Å². The summed E-state index contributed by atoms with van der Waals surface area (Å²) in [7, 11) is -2.72. The van der Waals surface area contributed by atoms with Gasteiger partial charge in [-0.25, -0.2) is 0 Å². The Morgan fingerprint density at radius 3 is 2.08 bits per heavy atom. The van der Waals surface area contributed by atoms with Crippen LogP contribution in [0, 0.1) is 5.41 Å². The molecule has 0 aliphatic carbocycles. The molecule has 0 radical (unpaired) electrons. The monoisotopic (exact) mass is 556 g/mol. The molecule has 0 unspecified atom stereocenters. The first-order valence-corrected chi connectivity index (χ1v) is 15.9. The summed E-state index contributed by atoms with van der Waals surface area (Å²) >= 11 is 0. The third-order valence-electron chi connectivity index (χ3n) is 8.48. The van der Waals surface area contributed by atoms with Crippen molar-refractivity contribution < 1.29 is 33.6 Å². The molecule has 2 aromatic carbocycles. The molecule has 39 heavy (non-hydrogen) atoms. The first kappa shape index (κ1) is 29.9. The van der Waals surface area contributed by atoms with Crippen molar-refractivity contribution in [2.75, 3.05) is 13.2 Å². The summed E-state index contributed by atoms with van der Waals surface area (Å²) < 4.78 is 25.1. The lowest BCUT2D eigenvalue weighted by Crippen LogP contribution is -2.71. The van der Waals surface area contributed by atoms with Gasteiger partial charge < -0.3 is 28.8 Å². The third kappa shape index (κ3) is 5.47. The second-order valence-electron chi connectivity index (χ2n) is 12.3. The molecule has 2 saturated heterocycles. The van der Waals surface area contributed by atoms with Gasteiger partial charge in [0.2, 0.25) is 0 Å². The Balaban J connectivity index is 1.62. The van der Waals surface area contributed by atoms with Crippen LogP contribution >= 0.6 is 0 Å². The van der Waals surface area contributed by atoms with E-state index in [2.05, 4.69) is 69.3 Å². The van der Waals surface area contributed by atoms with Gasteiger partial charge in [0.15, 0.2) is 5.79 Å². The molecule has 2 fully saturated rings. The summed E-state index contributed by atoms with van der Waals surface area (Å²) in [6, 6.07) is 20.9. The van der Waals surface area contributed by atoms with Crippen molar-refractivity contribution in [2.45, 2.75) is 96.0 Å². The minimum Gasteiger partial charge on any atom is -0.466 e. The van der Waals surface area contributed by atoms with Gasteiger partial charge >= 0.3 is 5.97 Å². The fourth-order valence-electron chi connectivity index (χ4n) is 6.26. The zero-order valence-corrected chi connectivity index (χ0v) is 25.1. The molecule has 214 valence electrons. The summed E-state index contributed by atoms with van der Waals surface area (Å²) in [5.74, 6) is -1.87. The van der Waals surface area contributed by atoms with Crippen molar-refractivity contribution in [1.82, 2.24) is 0 Å². The maximum absolute atomic E-state index is 12.6. The molecule has 0 saturated carbocycles. The summed E-state index contributed by atoms with van der Waals surface area (Å²) in [5.41, 5.74) is -1.05. The van der Waals surface area contributed by atoms with E-state index in [0.29, 0.717) is 19.4 Å². The molecular formula is C31H44O7Si. The quantitative estimate of drug-likeness (QED) is 0.360. The van der Waals surface area contributed by atoms with Crippen molar-refractivity contribution >= 4 is 24.7 Å². The highest BCUT2D eigenvalue weighted by Crippen LogP contribution is 2.52. The number of aliphatic hydroxyl groups is 2. The van der Waals surface area contributed by atoms with Gasteiger partial charge in [0, 0.05) is 18.4 Å². The van der Waals surface area contributed by atoms with Crippen molar-refractivity contribution in [3.63, 3.8) is 0 Å². The second-order valence-corrected chi connectivity index (χ2v) is 16.6. The number of rotatable bonds is 9. The molecule has 0 spiro atoms. The molecule has 2 N–H and O–H groups in total. The number of hydrogen-bond acceptors (Lipinski definition) is 7. The largest absolute Gasteiger partial charge is 0.466 e. The number of fused-ring (bicyclic) bond motifs is 2. The smallest absolute Gasteiger partial charge is 0.311 e. The van der Waals surface area contributed by atoms with E-state index in [9.17, 15) is 15.0 Å². The standard InChI is InChI=1S/C31H44O7Si/c1-7-35-26(32)21-31-30(5,6)28(34)27(33)25(38-31)20-22(37-31)18-19-36-39(29(2,3)4,23-14-10-8-11-15-23)24-16-12-9-13-17-24/h8-17,22,25,27-28,33-34H,7,18-21H2,1-6H3/t22-,25+,27+,28+,31+/m0/s1. The Labute approximate surface area is 233 Å². The zero-order valence-electron chi connectivity index (χ0n) is 24.1. The number of hydrogen-bond donors (Lipinski definition) is 2. The summed E-state index contributed by atoms with van der Waals surface area (Å²) in [6.07, 6.45) is -2.41. The molecule has 2 heterocycles. The van der Waals surface area contributed by atoms with Crippen LogP contribution in [0.1, 0.15) is 60.8 Å². The van der Waals surface area contributed by atoms with E-state index in [4.69, 9.17) is 18.6 Å². The number of carbonyl (C=O) groups excluding carboxylic acids is 1. The molecule has 2 bridgehead atoms. The van der Waals surface area contributed by atoms with Crippen molar-refractivity contribution in [3.05, 3.63) is 60.7 Å². The normalized spacial score (nSPS) is 28.6.